The summed E-state index contributed by atoms with van der Waals surface area (Å²) in [5.74, 6) is 0.0594. The molecule has 0 saturated heterocycles. The van der Waals surface area contributed by atoms with E-state index in [1.165, 1.54) is 0 Å². The van der Waals surface area contributed by atoms with Crippen LogP contribution < -0.4 is 10.6 Å². The fourth-order valence-electron chi connectivity index (χ4n) is 1.65. The Hall–Kier alpha value is -2.04. The predicted molar refractivity (Wildman–Crippen MR) is 76.4 cm³/mol. The summed E-state index contributed by atoms with van der Waals surface area (Å²) in [5.41, 5.74) is 6.43. The lowest BCUT2D eigenvalue weighted by atomic mass is 9.88. The number of benzene rings is 1. The molecule has 0 heterocycles. The van der Waals surface area contributed by atoms with Crippen molar-refractivity contribution in [3.05, 3.63) is 29.8 Å². The second-order valence-electron chi connectivity index (χ2n) is 5.14. The van der Waals surface area contributed by atoms with E-state index in [0.29, 0.717) is 5.56 Å². The highest BCUT2D eigenvalue weighted by Crippen LogP contribution is 2.26. The molecule has 19 heavy (non-hydrogen) atoms. The van der Waals surface area contributed by atoms with Gasteiger partial charge in [0, 0.05) is 23.7 Å². The van der Waals surface area contributed by atoms with Gasteiger partial charge >= 0.3 is 0 Å². The summed E-state index contributed by atoms with van der Waals surface area (Å²) >= 11 is 0. The molecule has 0 bridgehead atoms. The Morgan fingerprint density at radius 1 is 1.47 bits per heavy atom. The third-order valence-corrected chi connectivity index (χ3v) is 3.40. The molecule has 0 aliphatic heterocycles. The van der Waals surface area contributed by atoms with Crippen LogP contribution in [0.4, 0.5) is 5.69 Å². The molecule has 0 unspecified atom stereocenters. The number of hydrogen-bond donors (Lipinski definition) is 2. The molecule has 1 aromatic rings. The summed E-state index contributed by atoms with van der Waals surface area (Å²) in [6.07, 6.45) is 0.760. The van der Waals surface area contributed by atoms with E-state index in [4.69, 9.17) is 10.9 Å². The molecule has 0 radical (unpaired) electrons. The zero-order valence-corrected chi connectivity index (χ0v) is 11.8. The molecule has 3 N–H and O–H groups in total. The van der Waals surface area contributed by atoms with Gasteiger partial charge < -0.3 is 15.8 Å². The Labute approximate surface area is 113 Å². The molecule has 0 aliphatic carbocycles. The molecule has 0 fully saturated rings. The standard InChI is InChI=1S/C14H21N3O2/c1-5-14(2,3)13(18)17(4)11-8-6-7-10(9-11)12(15)16-19/h6-9,19H,5H2,1-4H3,(H2,15,16). The van der Waals surface area contributed by atoms with Crippen LogP contribution in [-0.2, 0) is 4.79 Å². The van der Waals surface area contributed by atoms with Crippen LogP contribution in [0.15, 0.2) is 29.4 Å². The lowest BCUT2D eigenvalue weighted by Gasteiger charge is -2.28. The minimum Gasteiger partial charge on any atom is -0.409 e. The Morgan fingerprint density at radius 2 is 2.11 bits per heavy atom. The van der Waals surface area contributed by atoms with Crippen molar-refractivity contribution < 1.29 is 10.0 Å². The summed E-state index contributed by atoms with van der Waals surface area (Å²) in [6.45, 7) is 5.82. The van der Waals surface area contributed by atoms with Gasteiger partial charge in [0.1, 0.15) is 0 Å². The molecule has 5 heteroatoms. The average Bonchev–Trinajstić information content (AvgIpc) is 2.44. The molecule has 0 saturated carbocycles. The van der Waals surface area contributed by atoms with Crippen LogP contribution >= 0.6 is 0 Å². The number of amidine groups is 1. The number of oxime groups is 1. The molecule has 1 rings (SSSR count). The van der Waals surface area contributed by atoms with Crippen molar-refractivity contribution in [2.45, 2.75) is 27.2 Å². The Bertz CT molecular complexity index is 495. The van der Waals surface area contributed by atoms with Gasteiger partial charge in [-0.25, -0.2) is 0 Å². The number of amides is 1. The van der Waals surface area contributed by atoms with Crippen LogP contribution in [0.25, 0.3) is 0 Å². The fraction of sp³-hybridized carbons (Fsp3) is 0.429. The van der Waals surface area contributed by atoms with Crippen molar-refractivity contribution in [2.75, 3.05) is 11.9 Å². The number of nitrogens with two attached hydrogens (primary N) is 1. The van der Waals surface area contributed by atoms with Gasteiger partial charge in [-0.1, -0.05) is 38.1 Å². The number of carbonyl (C=O) groups is 1. The van der Waals surface area contributed by atoms with Crippen molar-refractivity contribution in [3.63, 3.8) is 0 Å². The highest BCUT2D eigenvalue weighted by Gasteiger charge is 2.29. The van der Waals surface area contributed by atoms with E-state index in [2.05, 4.69) is 5.16 Å². The van der Waals surface area contributed by atoms with E-state index in [1.807, 2.05) is 26.8 Å². The highest BCUT2D eigenvalue weighted by molar-refractivity contribution is 6.00. The van der Waals surface area contributed by atoms with E-state index in [1.54, 1.807) is 30.1 Å². The van der Waals surface area contributed by atoms with E-state index in [-0.39, 0.29) is 11.7 Å². The molecule has 0 spiro atoms. The van der Waals surface area contributed by atoms with Gasteiger partial charge in [0.2, 0.25) is 5.91 Å². The number of rotatable bonds is 4. The van der Waals surface area contributed by atoms with Crippen molar-refractivity contribution in [2.24, 2.45) is 16.3 Å². The van der Waals surface area contributed by atoms with E-state index in [0.717, 1.165) is 12.1 Å². The summed E-state index contributed by atoms with van der Waals surface area (Å²) in [7, 11) is 1.73. The van der Waals surface area contributed by atoms with Gasteiger partial charge in [-0.05, 0) is 18.6 Å². The zero-order chi connectivity index (χ0) is 14.6. The molecule has 0 atom stereocenters. The summed E-state index contributed by atoms with van der Waals surface area (Å²) < 4.78 is 0. The predicted octanol–water partition coefficient (Wildman–Crippen LogP) is 2.18. The van der Waals surface area contributed by atoms with Crippen LogP contribution in [0.5, 0.6) is 0 Å². The van der Waals surface area contributed by atoms with E-state index < -0.39 is 5.41 Å². The Morgan fingerprint density at radius 3 is 2.63 bits per heavy atom. The van der Waals surface area contributed by atoms with Gasteiger partial charge in [-0.2, -0.15) is 0 Å². The topological polar surface area (TPSA) is 78.9 Å². The third-order valence-electron chi connectivity index (χ3n) is 3.40. The Balaban J connectivity index is 3.07. The molecule has 0 aliphatic rings. The second-order valence-corrected chi connectivity index (χ2v) is 5.14. The zero-order valence-electron chi connectivity index (χ0n) is 11.8. The first-order valence-electron chi connectivity index (χ1n) is 6.19. The SMILES string of the molecule is CCC(C)(C)C(=O)N(C)c1cccc(C(N)=NO)c1. The number of anilines is 1. The first-order valence-corrected chi connectivity index (χ1v) is 6.19. The second kappa shape index (κ2) is 5.73. The van der Waals surface area contributed by atoms with Crippen molar-refractivity contribution in [1.82, 2.24) is 0 Å². The maximum Gasteiger partial charge on any atom is 0.232 e. The molecule has 1 amide bonds. The van der Waals surface area contributed by atoms with Gasteiger partial charge in [-0.3, -0.25) is 4.79 Å². The number of hydrogen-bond acceptors (Lipinski definition) is 3. The first-order chi connectivity index (χ1) is 8.83. The summed E-state index contributed by atoms with van der Waals surface area (Å²) in [5, 5.41) is 11.6. The van der Waals surface area contributed by atoms with Gasteiger partial charge in [-0.15, -0.1) is 0 Å². The smallest absolute Gasteiger partial charge is 0.232 e. The normalized spacial score (nSPS) is 12.3. The molecular formula is C14H21N3O2. The van der Waals surface area contributed by atoms with Crippen molar-refractivity contribution in [1.29, 1.82) is 0 Å². The molecular weight excluding hydrogens is 242 g/mol. The monoisotopic (exact) mass is 263 g/mol. The van der Waals surface area contributed by atoms with Crippen LogP contribution in [0, 0.1) is 5.41 Å². The average molecular weight is 263 g/mol. The Kier molecular flexibility index (Phi) is 4.53. The van der Waals surface area contributed by atoms with E-state index >= 15 is 0 Å². The quantitative estimate of drug-likeness (QED) is 0.378. The van der Waals surface area contributed by atoms with Gasteiger partial charge in [0.25, 0.3) is 0 Å². The number of carbonyl (C=O) groups excluding carboxylic acids is 1. The molecule has 104 valence electrons. The minimum absolute atomic E-state index is 0.0254. The lowest BCUT2D eigenvalue weighted by molar-refractivity contribution is -0.126. The van der Waals surface area contributed by atoms with Crippen LogP contribution in [0.3, 0.4) is 0 Å². The van der Waals surface area contributed by atoms with E-state index in [9.17, 15) is 4.79 Å². The van der Waals surface area contributed by atoms with Crippen LogP contribution in [0.2, 0.25) is 0 Å². The lowest BCUT2D eigenvalue weighted by Crippen LogP contribution is -2.38. The third kappa shape index (κ3) is 3.24. The highest BCUT2D eigenvalue weighted by atomic mass is 16.4. The largest absolute Gasteiger partial charge is 0.409 e. The van der Waals surface area contributed by atoms with Gasteiger partial charge in [0.15, 0.2) is 5.84 Å². The molecule has 5 nitrogen and oxygen atoms in total. The van der Waals surface area contributed by atoms with Crippen molar-refractivity contribution >= 4 is 17.4 Å². The van der Waals surface area contributed by atoms with Crippen LogP contribution in [-0.4, -0.2) is 24.0 Å². The maximum absolute atomic E-state index is 12.4. The maximum atomic E-state index is 12.4. The summed E-state index contributed by atoms with van der Waals surface area (Å²) in [6, 6.07) is 7.03. The molecule has 0 aromatic heterocycles. The van der Waals surface area contributed by atoms with Crippen molar-refractivity contribution in [3.8, 4) is 0 Å². The van der Waals surface area contributed by atoms with Crippen LogP contribution in [0.1, 0.15) is 32.8 Å². The van der Waals surface area contributed by atoms with Gasteiger partial charge in [0.05, 0.1) is 0 Å². The first kappa shape index (κ1) is 15.0. The fourth-order valence-corrected chi connectivity index (χ4v) is 1.65. The number of nitrogens with zero attached hydrogens (tertiary/aromatic N) is 2. The minimum atomic E-state index is -0.415. The summed E-state index contributed by atoms with van der Waals surface area (Å²) in [4.78, 5) is 14.0. The molecule has 1 aromatic carbocycles.